The first-order chi connectivity index (χ1) is 7.51. The number of anilines is 1. The number of hydrogen-bond donors (Lipinski definition) is 2. The molecule has 0 aromatic heterocycles. The number of nitrogens with zero attached hydrogens (tertiary/aromatic N) is 1. The fourth-order valence-corrected chi connectivity index (χ4v) is 1.53. The molecule has 1 aromatic carbocycles. The maximum Gasteiger partial charge on any atom is 0.231 e. The highest BCUT2D eigenvalue weighted by Gasteiger charge is 2.05. The van der Waals surface area contributed by atoms with Gasteiger partial charge >= 0.3 is 0 Å². The lowest BCUT2D eigenvalue weighted by Gasteiger charge is -2.15. The topological polar surface area (TPSA) is 81.6 Å². The summed E-state index contributed by atoms with van der Waals surface area (Å²) in [6, 6.07) is 5.48. The molecule has 5 nitrogen and oxygen atoms in total. The molecular formula is C11H17N3O2. The van der Waals surface area contributed by atoms with E-state index in [-0.39, 0.29) is 12.5 Å². The summed E-state index contributed by atoms with van der Waals surface area (Å²) in [5.74, 6) is 0.362. The van der Waals surface area contributed by atoms with Crippen molar-refractivity contribution in [3.05, 3.63) is 23.8 Å². The quantitative estimate of drug-likeness (QED) is 0.698. The molecule has 1 rings (SSSR count). The number of carbonyl (C=O) groups excluding carboxylic acids is 1. The van der Waals surface area contributed by atoms with Gasteiger partial charge in [-0.2, -0.15) is 0 Å². The zero-order chi connectivity index (χ0) is 12.1. The SMILES string of the molecule is COc1cc(N)cc(CN(C)CC(N)=O)c1. The van der Waals surface area contributed by atoms with Crippen molar-refractivity contribution in [2.24, 2.45) is 5.73 Å². The second kappa shape index (κ2) is 5.37. The Balaban J connectivity index is 2.72. The number of rotatable bonds is 5. The molecule has 4 N–H and O–H groups in total. The van der Waals surface area contributed by atoms with Gasteiger partial charge in [0.05, 0.1) is 13.7 Å². The lowest BCUT2D eigenvalue weighted by molar-refractivity contribution is -0.118. The number of carbonyl (C=O) groups is 1. The first kappa shape index (κ1) is 12.3. The minimum Gasteiger partial charge on any atom is -0.497 e. The maximum absolute atomic E-state index is 10.7. The van der Waals surface area contributed by atoms with E-state index in [2.05, 4.69) is 0 Å². The lowest BCUT2D eigenvalue weighted by atomic mass is 10.2. The third-order valence-electron chi connectivity index (χ3n) is 2.10. The summed E-state index contributed by atoms with van der Waals surface area (Å²) in [6.45, 7) is 0.821. The smallest absolute Gasteiger partial charge is 0.231 e. The van der Waals surface area contributed by atoms with Gasteiger partial charge in [-0.25, -0.2) is 0 Å². The molecule has 88 valence electrons. The molecule has 1 amide bonds. The van der Waals surface area contributed by atoms with E-state index >= 15 is 0 Å². The van der Waals surface area contributed by atoms with E-state index < -0.39 is 0 Å². The number of ether oxygens (including phenoxy) is 1. The van der Waals surface area contributed by atoms with Gasteiger partial charge in [-0.3, -0.25) is 9.69 Å². The monoisotopic (exact) mass is 223 g/mol. The van der Waals surface area contributed by atoms with Crippen LogP contribution in [-0.2, 0) is 11.3 Å². The second-order valence-corrected chi connectivity index (χ2v) is 3.75. The number of nitrogens with two attached hydrogens (primary N) is 2. The Morgan fingerprint density at radius 3 is 2.69 bits per heavy atom. The molecular weight excluding hydrogens is 206 g/mol. The van der Waals surface area contributed by atoms with E-state index in [1.165, 1.54) is 0 Å². The zero-order valence-corrected chi connectivity index (χ0v) is 9.56. The van der Waals surface area contributed by atoms with Crippen LogP contribution in [0.2, 0.25) is 0 Å². The highest BCUT2D eigenvalue weighted by molar-refractivity contribution is 5.75. The van der Waals surface area contributed by atoms with Crippen molar-refractivity contribution < 1.29 is 9.53 Å². The minimum atomic E-state index is -0.349. The van der Waals surface area contributed by atoms with Crippen LogP contribution < -0.4 is 16.2 Å². The zero-order valence-electron chi connectivity index (χ0n) is 9.56. The molecule has 0 spiro atoms. The average Bonchev–Trinajstić information content (AvgIpc) is 2.14. The van der Waals surface area contributed by atoms with Gasteiger partial charge in [0.15, 0.2) is 0 Å². The minimum absolute atomic E-state index is 0.219. The van der Waals surface area contributed by atoms with Crippen molar-refractivity contribution in [1.82, 2.24) is 4.90 Å². The molecule has 0 saturated heterocycles. The van der Waals surface area contributed by atoms with E-state index in [9.17, 15) is 4.79 Å². The van der Waals surface area contributed by atoms with Crippen LogP contribution in [0.15, 0.2) is 18.2 Å². The molecule has 1 aromatic rings. The number of methoxy groups -OCH3 is 1. The molecule has 0 unspecified atom stereocenters. The lowest BCUT2D eigenvalue weighted by Crippen LogP contribution is -2.30. The average molecular weight is 223 g/mol. The molecule has 0 heterocycles. The van der Waals surface area contributed by atoms with Gasteiger partial charge in [-0.1, -0.05) is 0 Å². The van der Waals surface area contributed by atoms with Gasteiger partial charge in [0.2, 0.25) is 5.91 Å². The molecule has 0 saturated carbocycles. The van der Waals surface area contributed by atoms with Crippen LogP contribution in [0.4, 0.5) is 5.69 Å². The summed E-state index contributed by atoms with van der Waals surface area (Å²) in [7, 11) is 3.41. The summed E-state index contributed by atoms with van der Waals surface area (Å²) in [5.41, 5.74) is 12.5. The molecule has 0 atom stereocenters. The van der Waals surface area contributed by atoms with Crippen LogP contribution >= 0.6 is 0 Å². The van der Waals surface area contributed by atoms with Crippen LogP contribution in [0.1, 0.15) is 5.56 Å². The van der Waals surface area contributed by atoms with Gasteiger partial charge in [0.25, 0.3) is 0 Å². The van der Waals surface area contributed by atoms with Crippen LogP contribution in [0.25, 0.3) is 0 Å². The molecule has 0 radical (unpaired) electrons. The van der Waals surface area contributed by atoms with Gasteiger partial charge < -0.3 is 16.2 Å². The standard InChI is InChI=1S/C11H17N3O2/c1-14(7-11(13)15)6-8-3-9(12)5-10(4-8)16-2/h3-5H,6-7,12H2,1-2H3,(H2,13,15). The Labute approximate surface area is 95.0 Å². The van der Waals surface area contributed by atoms with E-state index in [0.29, 0.717) is 18.0 Å². The molecule has 0 aliphatic carbocycles. The summed E-state index contributed by atoms with van der Waals surface area (Å²) in [5, 5.41) is 0. The number of nitrogen functional groups attached to an aromatic ring is 1. The molecule has 0 bridgehead atoms. The molecule has 16 heavy (non-hydrogen) atoms. The number of amides is 1. The fourth-order valence-electron chi connectivity index (χ4n) is 1.53. The van der Waals surface area contributed by atoms with Gasteiger partial charge in [-0.05, 0) is 24.7 Å². The largest absolute Gasteiger partial charge is 0.497 e. The third-order valence-corrected chi connectivity index (χ3v) is 2.10. The van der Waals surface area contributed by atoms with Crippen molar-refractivity contribution >= 4 is 11.6 Å². The third kappa shape index (κ3) is 3.78. The van der Waals surface area contributed by atoms with Crippen molar-refractivity contribution in [1.29, 1.82) is 0 Å². The number of primary amides is 1. The first-order valence-electron chi connectivity index (χ1n) is 4.91. The van der Waals surface area contributed by atoms with Gasteiger partial charge in [0, 0.05) is 18.3 Å². The Bertz CT molecular complexity index is 379. The second-order valence-electron chi connectivity index (χ2n) is 3.75. The predicted octanol–water partition coefficient (Wildman–Crippen LogP) is 0.195. The van der Waals surface area contributed by atoms with E-state index in [4.69, 9.17) is 16.2 Å². The Morgan fingerprint density at radius 2 is 2.12 bits per heavy atom. The Morgan fingerprint density at radius 1 is 1.44 bits per heavy atom. The predicted molar refractivity (Wildman–Crippen MR) is 62.9 cm³/mol. The van der Waals surface area contributed by atoms with Crippen LogP contribution in [0.5, 0.6) is 5.75 Å². The van der Waals surface area contributed by atoms with E-state index in [0.717, 1.165) is 5.56 Å². The highest BCUT2D eigenvalue weighted by Crippen LogP contribution is 2.19. The van der Waals surface area contributed by atoms with Crippen LogP contribution in [-0.4, -0.2) is 31.5 Å². The van der Waals surface area contributed by atoms with Gasteiger partial charge in [-0.15, -0.1) is 0 Å². The number of benzene rings is 1. The molecule has 5 heteroatoms. The molecule has 0 fully saturated rings. The summed E-state index contributed by atoms with van der Waals surface area (Å²) in [6.07, 6.45) is 0. The first-order valence-corrected chi connectivity index (χ1v) is 4.91. The van der Waals surface area contributed by atoms with Crippen molar-refractivity contribution in [2.75, 3.05) is 26.4 Å². The van der Waals surface area contributed by atoms with Crippen molar-refractivity contribution in [3.8, 4) is 5.75 Å². The fraction of sp³-hybridized carbons (Fsp3) is 0.364. The highest BCUT2D eigenvalue weighted by atomic mass is 16.5. The normalized spacial score (nSPS) is 10.4. The van der Waals surface area contributed by atoms with Gasteiger partial charge in [0.1, 0.15) is 5.75 Å². The molecule has 0 aliphatic rings. The van der Waals surface area contributed by atoms with Crippen molar-refractivity contribution in [3.63, 3.8) is 0 Å². The summed E-state index contributed by atoms with van der Waals surface area (Å²) >= 11 is 0. The Hall–Kier alpha value is -1.75. The summed E-state index contributed by atoms with van der Waals surface area (Å²) < 4.78 is 5.11. The maximum atomic E-state index is 10.7. The number of likely N-dealkylation sites (N-methyl/N-ethyl adjacent to an activating group) is 1. The number of hydrogen-bond acceptors (Lipinski definition) is 4. The molecule has 0 aliphatic heterocycles. The van der Waals surface area contributed by atoms with Crippen molar-refractivity contribution in [2.45, 2.75) is 6.54 Å². The van der Waals surface area contributed by atoms with Crippen LogP contribution in [0.3, 0.4) is 0 Å². The van der Waals surface area contributed by atoms with Crippen LogP contribution in [0, 0.1) is 0 Å². The van der Waals surface area contributed by atoms with E-state index in [1.54, 1.807) is 13.2 Å². The Kier molecular flexibility index (Phi) is 4.13. The summed E-state index contributed by atoms with van der Waals surface area (Å²) in [4.78, 5) is 12.5. The van der Waals surface area contributed by atoms with E-state index in [1.807, 2.05) is 24.1 Å².